The highest BCUT2D eigenvalue weighted by atomic mass is 16.5. The van der Waals surface area contributed by atoms with Gasteiger partial charge in [-0.25, -0.2) is 0 Å². The van der Waals surface area contributed by atoms with Crippen molar-refractivity contribution in [2.75, 3.05) is 27.3 Å². The van der Waals surface area contributed by atoms with Gasteiger partial charge in [0.1, 0.15) is 5.78 Å². The summed E-state index contributed by atoms with van der Waals surface area (Å²) in [5.41, 5.74) is 0. The van der Waals surface area contributed by atoms with Crippen molar-refractivity contribution in [2.24, 2.45) is 0 Å². The number of Topliss-reactive ketones (excluding diaryl/α,β-unsaturated/α-hetero) is 1. The molecule has 0 radical (unpaired) electrons. The average molecular weight is 187 g/mol. The summed E-state index contributed by atoms with van der Waals surface area (Å²) < 4.78 is 4.95. The van der Waals surface area contributed by atoms with Crippen molar-refractivity contribution in [2.45, 2.75) is 32.7 Å². The van der Waals surface area contributed by atoms with Gasteiger partial charge in [-0.3, -0.25) is 9.69 Å². The fraction of sp³-hybridized carbons (Fsp3) is 0.900. The number of ether oxygens (including phenoxy) is 1. The predicted molar refractivity (Wildman–Crippen MR) is 53.9 cm³/mol. The van der Waals surface area contributed by atoms with Gasteiger partial charge in [-0.15, -0.1) is 0 Å². The quantitative estimate of drug-likeness (QED) is 0.563. The fourth-order valence-corrected chi connectivity index (χ4v) is 1.19. The summed E-state index contributed by atoms with van der Waals surface area (Å²) in [5.74, 6) is 0.305. The van der Waals surface area contributed by atoms with Crippen LogP contribution in [0.2, 0.25) is 0 Å². The van der Waals surface area contributed by atoms with Crippen LogP contribution >= 0.6 is 0 Å². The smallest absolute Gasteiger partial charge is 0.149 e. The summed E-state index contributed by atoms with van der Waals surface area (Å²) in [5, 5.41) is 0. The first-order valence-corrected chi connectivity index (χ1v) is 4.85. The van der Waals surface area contributed by atoms with Crippen LogP contribution < -0.4 is 0 Å². The van der Waals surface area contributed by atoms with E-state index in [2.05, 4.69) is 4.90 Å². The maximum atomic E-state index is 11.3. The minimum Gasteiger partial charge on any atom is -0.385 e. The molecule has 0 aromatic heterocycles. The molecular formula is C10H21NO2. The molecule has 13 heavy (non-hydrogen) atoms. The number of rotatable bonds is 7. The number of nitrogens with zero attached hydrogens (tertiary/aromatic N) is 1. The zero-order valence-corrected chi connectivity index (χ0v) is 9.17. The molecule has 0 bridgehead atoms. The molecule has 0 heterocycles. The molecule has 0 fully saturated rings. The molecule has 0 aromatic carbocycles. The normalized spacial score (nSPS) is 13.3. The van der Waals surface area contributed by atoms with E-state index in [1.54, 1.807) is 7.11 Å². The lowest BCUT2D eigenvalue weighted by molar-refractivity contribution is -0.123. The maximum Gasteiger partial charge on any atom is 0.149 e. The van der Waals surface area contributed by atoms with E-state index >= 15 is 0 Å². The summed E-state index contributed by atoms with van der Waals surface area (Å²) in [6.07, 6.45) is 1.60. The minimum atomic E-state index is 0.0434. The van der Waals surface area contributed by atoms with Crippen LogP contribution in [0, 0.1) is 0 Å². The molecule has 0 aliphatic carbocycles. The number of carbonyl (C=O) groups excluding carboxylic acids is 1. The van der Waals surface area contributed by atoms with Gasteiger partial charge in [0.25, 0.3) is 0 Å². The Hall–Kier alpha value is -0.410. The number of hydrogen-bond acceptors (Lipinski definition) is 3. The van der Waals surface area contributed by atoms with Crippen molar-refractivity contribution in [3.05, 3.63) is 0 Å². The fourth-order valence-electron chi connectivity index (χ4n) is 1.19. The van der Waals surface area contributed by atoms with Gasteiger partial charge in [-0.1, -0.05) is 6.92 Å². The van der Waals surface area contributed by atoms with Gasteiger partial charge in [0, 0.05) is 26.7 Å². The molecular weight excluding hydrogens is 166 g/mol. The molecule has 0 saturated heterocycles. The Morgan fingerprint density at radius 2 is 2.15 bits per heavy atom. The van der Waals surface area contributed by atoms with Gasteiger partial charge < -0.3 is 4.74 Å². The third-order valence-electron chi connectivity index (χ3n) is 2.33. The van der Waals surface area contributed by atoms with E-state index in [9.17, 15) is 4.79 Å². The monoisotopic (exact) mass is 187 g/mol. The molecule has 78 valence electrons. The Labute approximate surface area is 81.1 Å². The molecule has 0 aromatic rings. The van der Waals surface area contributed by atoms with E-state index < -0.39 is 0 Å². The lowest BCUT2D eigenvalue weighted by Gasteiger charge is -2.22. The topological polar surface area (TPSA) is 29.5 Å². The van der Waals surface area contributed by atoms with Crippen molar-refractivity contribution in [1.29, 1.82) is 0 Å². The number of carbonyl (C=O) groups is 1. The van der Waals surface area contributed by atoms with Gasteiger partial charge in [-0.05, 0) is 20.4 Å². The van der Waals surface area contributed by atoms with Crippen molar-refractivity contribution in [3.63, 3.8) is 0 Å². The molecule has 0 spiro atoms. The van der Waals surface area contributed by atoms with Crippen LogP contribution in [0.3, 0.4) is 0 Å². The molecule has 0 aliphatic heterocycles. The van der Waals surface area contributed by atoms with Crippen molar-refractivity contribution in [3.8, 4) is 0 Å². The number of likely N-dealkylation sites (N-methyl/N-ethyl adjacent to an activating group) is 1. The van der Waals surface area contributed by atoms with Crippen LogP contribution in [0.1, 0.15) is 26.7 Å². The Bertz CT molecular complexity index is 148. The van der Waals surface area contributed by atoms with Crippen LogP contribution in [0.5, 0.6) is 0 Å². The van der Waals surface area contributed by atoms with E-state index in [1.165, 1.54) is 0 Å². The second kappa shape index (κ2) is 7.04. The molecule has 0 rings (SSSR count). The zero-order valence-electron chi connectivity index (χ0n) is 9.17. The second-order valence-corrected chi connectivity index (χ2v) is 3.32. The van der Waals surface area contributed by atoms with Crippen molar-refractivity contribution < 1.29 is 9.53 Å². The highest BCUT2D eigenvalue weighted by Crippen LogP contribution is 2.00. The molecule has 1 atom stereocenters. The number of ketones is 1. The van der Waals surface area contributed by atoms with Crippen LogP contribution in [-0.2, 0) is 9.53 Å². The number of methoxy groups -OCH3 is 1. The molecule has 0 saturated carbocycles. The minimum absolute atomic E-state index is 0.0434. The molecule has 1 unspecified atom stereocenters. The standard InChI is InChI=1S/C10H21NO2/c1-5-10(12)9(2)11(3)7-6-8-13-4/h9H,5-8H2,1-4H3. The third-order valence-corrected chi connectivity index (χ3v) is 2.33. The first-order valence-electron chi connectivity index (χ1n) is 4.85. The van der Waals surface area contributed by atoms with Crippen LogP contribution in [0.25, 0.3) is 0 Å². The van der Waals surface area contributed by atoms with Gasteiger partial charge in [0.05, 0.1) is 6.04 Å². The summed E-state index contributed by atoms with van der Waals surface area (Å²) in [6.45, 7) is 5.54. The molecule has 0 aliphatic rings. The van der Waals surface area contributed by atoms with E-state index in [4.69, 9.17) is 4.74 Å². The largest absolute Gasteiger partial charge is 0.385 e. The highest BCUT2D eigenvalue weighted by Gasteiger charge is 2.14. The number of hydrogen-bond donors (Lipinski definition) is 0. The van der Waals surface area contributed by atoms with Crippen molar-refractivity contribution >= 4 is 5.78 Å². The average Bonchev–Trinajstić information content (AvgIpc) is 2.15. The first-order chi connectivity index (χ1) is 6.13. The van der Waals surface area contributed by atoms with Gasteiger partial charge in [0.2, 0.25) is 0 Å². The van der Waals surface area contributed by atoms with E-state index in [0.29, 0.717) is 12.2 Å². The lowest BCUT2D eigenvalue weighted by Crippen LogP contribution is -2.36. The Morgan fingerprint density at radius 1 is 1.54 bits per heavy atom. The Morgan fingerprint density at radius 3 is 2.62 bits per heavy atom. The zero-order chi connectivity index (χ0) is 10.3. The Balaban J connectivity index is 3.68. The van der Waals surface area contributed by atoms with Gasteiger partial charge in [-0.2, -0.15) is 0 Å². The molecule has 3 nitrogen and oxygen atoms in total. The summed E-state index contributed by atoms with van der Waals surface area (Å²) >= 11 is 0. The first kappa shape index (κ1) is 12.6. The van der Waals surface area contributed by atoms with Crippen molar-refractivity contribution in [1.82, 2.24) is 4.90 Å². The Kier molecular flexibility index (Phi) is 6.82. The molecule has 3 heteroatoms. The van der Waals surface area contributed by atoms with Gasteiger partial charge >= 0.3 is 0 Å². The van der Waals surface area contributed by atoms with Gasteiger partial charge in [0.15, 0.2) is 0 Å². The summed E-state index contributed by atoms with van der Waals surface area (Å²) in [7, 11) is 3.68. The lowest BCUT2D eigenvalue weighted by atomic mass is 10.1. The summed E-state index contributed by atoms with van der Waals surface area (Å²) in [4.78, 5) is 13.4. The highest BCUT2D eigenvalue weighted by molar-refractivity contribution is 5.83. The van der Waals surface area contributed by atoms with Crippen LogP contribution in [0.4, 0.5) is 0 Å². The third kappa shape index (κ3) is 5.01. The maximum absolute atomic E-state index is 11.3. The molecule has 0 amide bonds. The predicted octanol–water partition coefficient (Wildman–Crippen LogP) is 1.32. The van der Waals surface area contributed by atoms with E-state index in [-0.39, 0.29) is 6.04 Å². The second-order valence-electron chi connectivity index (χ2n) is 3.32. The van der Waals surface area contributed by atoms with Crippen LogP contribution in [0.15, 0.2) is 0 Å². The van der Waals surface area contributed by atoms with Crippen LogP contribution in [-0.4, -0.2) is 44.0 Å². The van der Waals surface area contributed by atoms with E-state index in [0.717, 1.165) is 19.6 Å². The molecule has 0 N–H and O–H groups in total. The SMILES string of the molecule is CCC(=O)C(C)N(C)CCCOC. The summed E-state index contributed by atoms with van der Waals surface area (Å²) in [6, 6.07) is 0.0434. The van der Waals surface area contributed by atoms with E-state index in [1.807, 2.05) is 20.9 Å².